The fraction of sp³-hybridized carbons (Fsp3) is 0.658. The van der Waals surface area contributed by atoms with Gasteiger partial charge in [-0.05, 0) is 78.8 Å². The number of ketones is 1. The van der Waals surface area contributed by atoms with Gasteiger partial charge in [0, 0.05) is 18.4 Å². The fourth-order valence-electron chi connectivity index (χ4n) is 6.89. The molecule has 7 N–H and O–H groups in total. The Kier molecular flexibility index (Phi) is 15.1. The lowest BCUT2D eigenvalue weighted by Gasteiger charge is -2.38. The molecule has 0 unspecified atom stereocenters. The summed E-state index contributed by atoms with van der Waals surface area (Å²) in [5.41, 5.74) is 1.07. The van der Waals surface area contributed by atoms with E-state index in [1.807, 2.05) is 45.0 Å². The molecule has 294 valence electrons. The topological polar surface area (TPSA) is 223 Å². The minimum absolute atomic E-state index is 0.0817. The van der Waals surface area contributed by atoms with E-state index in [1.165, 1.54) is 6.92 Å². The molecule has 1 aromatic carbocycles. The molecule has 2 aliphatic rings. The zero-order valence-electron chi connectivity index (χ0n) is 32.2. The van der Waals surface area contributed by atoms with Gasteiger partial charge in [-0.15, -0.1) is 0 Å². The van der Waals surface area contributed by atoms with Gasteiger partial charge >= 0.3 is 5.97 Å². The Labute approximate surface area is 311 Å². The quantitative estimate of drug-likeness (QED) is 0.198. The second-order valence-corrected chi connectivity index (χ2v) is 16.0. The van der Waals surface area contributed by atoms with Crippen LogP contribution in [0, 0.1) is 18.8 Å². The summed E-state index contributed by atoms with van der Waals surface area (Å²) in [4.78, 5) is 96.9. The average molecular weight is 743 g/mol. The highest BCUT2D eigenvalue weighted by atomic mass is 16.4. The van der Waals surface area contributed by atoms with Gasteiger partial charge in [0.25, 0.3) is 0 Å². The number of carbonyl (C=O) groups is 7. The summed E-state index contributed by atoms with van der Waals surface area (Å²) in [5, 5.41) is 34.0. The van der Waals surface area contributed by atoms with Crippen LogP contribution < -0.4 is 26.6 Å². The minimum atomic E-state index is -1.58. The molecule has 0 aliphatic carbocycles. The number of carboxylic acid groups (broad SMARTS) is 1. The molecule has 0 saturated carbocycles. The third kappa shape index (κ3) is 12.6. The molecule has 53 heavy (non-hydrogen) atoms. The van der Waals surface area contributed by atoms with Crippen LogP contribution in [0.15, 0.2) is 24.3 Å². The number of nitrogens with one attached hydrogen (secondary N) is 5. The summed E-state index contributed by atoms with van der Waals surface area (Å²) in [6.07, 6.45) is -1.66. The first kappa shape index (κ1) is 43.0. The number of carbonyl (C=O) groups excluding carboxylic acids is 6. The number of benzene rings is 1. The van der Waals surface area contributed by atoms with Gasteiger partial charge in [-0.3, -0.25) is 38.5 Å². The third-order valence-corrected chi connectivity index (χ3v) is 9.47. The van der Waals surface area contributed by atoms with Crippen LogP contribution in [0.2, 0.25) is 0 Å². The lowest BCUT2D eigenvalue weighted by molar-refractivity contribution is -0.143. The Morgan fingerprint density at radius 3 is 2.09 bits per heavy atom. The van der Waals surface area contributed by atoms with Crippen LogP contribution in [0.1, 0.15) is 91.7 Å². The molecule has 2 aliphatic heterocycles. The third-order valence-electron chi connectivity index (χ3n) is 9.47. The maximum absolute atomic E-state index is 14.2. The molecule has 0 spiro atoms. The van der Waals surface area contributed by atoms with Crippen LogP contribution in [-0.4, -0.2) is 111 Å². The van der Waals surface area contributed by atoms with E-state index < -0.39 is 108 Å². The Morgan fingerprint density at radius 1 is 0.906 bits per heavy atom. The molecule has 5 amide bonds. The van der Waals surface area contributed by atoms with Crippen LogP contribution in [0.25, 0.3) is 0 Å². The number of amides is 5. The first-order valence-electron chi connectivity index (χ1n) is 18.4. The van der Waals surface area contributed by atoms with Gasteiger partial charge in [0.1, 0.15) is 18.1 Å². The largest absolute Gasteiger partial charge is 0.481 e. The highest BCUT2D eigenvalue weighted by molar-refractivity contribution is 5.97. The standard InChI is InChI=1S/C38H58N6O9/c1-20(2)16-26-29(46)18-25(19-30(47)48)33(49)42-31(23(5)45)36(52)39-22(4)32(37(53)43-38(6,7)8)44-15-9-10-28(44)35(51)41-27(34(50)40-26)17-24-13-11-21(3)12-14-24/h11-14,20,22-23,25-28,31-32,45H,9-10,15-19H2,1-8H3,(H,39,52)(H,40,50)(H,41,51)(H,42,49)(H,43,53)(H,47,48)/t22-,23+,25-,26-,27+,28-,31-,32+/m0/s1. The molecule has 8 atom stereocenters. The van der Waals surface area contributed by atoms with Gasteiger partial charge in [-0.1, -0.05) is 43.7 Å². The van der Waals surface area contributed by atoms with Crippen molar-refractivity contribution in [3.63, 3.8) is 0 Å². The van der Waals surface area contributed by atoms with E-state index in [0.29, 0.717) is 19.4 Å². The molecule has 2 saturated heterocycles. The zero-order valence-corrected chi connectivity index (χ0v) is 32.2. The lowest BCUT2D eigenvalue weighted by Crippen LogP contribution is -2.65. The molecule has 2 heterocycles. The van der Waals surface area contributed by atoms with Crippen molar-refractivity contribution in [3.8, 4) is 0 Å². The second-order valence-electron chi connectivity index (χ2n) is 16.0. The van der Waals surface area contributed by atoms with Crippen molar-refractivity contribution >= 4 is 41.3 Å². The average Bonchev–Trinajstić information content (AvgIpc) is 3.50. The van der Waals surface area contributed by atoms with Gasteiger partial charge in [-0.2, -0.15) is 0 Å². The normalized spacial score (nSPS) is 27.7. The molecule has 15 nitrogen and oxygen atoms in total. The molecule has 3 rings (SSSR count). The summed E-state index contributed by atoms with van der Waals surface area (Å²) in [7, 11) is 0. The van der Waals surface area contributed by atoms with Crippen LogP contribution >= 0.6 is 0 Å². The van der Waals surface area contributed by atoms with Crippen molar-refractivity contribution in [2.45, 2.75) is 142 Å². The van der Waals surface area contributed by atoms with Crippen LogP contribution in [0.4, 0.5) is 0 Å². The Bertz CT molecular complexity index is 1510. The maximum Gasteiger partial charge on any atom is 0.304 e. The molecular formula is C38H58N6O9. The molecule has 15 heteroatoms. The Balaban J connectivity index is 2.16. The number of fused-ring (bicyclic) bond motifs is 1. The van der Waals surface area contributed by atoms with Crippen LogP contribution in [0.5, 0.6) is 0 Å². The summed E-state index contributed by atoms with van der Waals surface area (Å²) in [6.45, 7) is 14.1. The molecule has 0 bridgehead atoms. The van der Waals surface area contributed by atoms with E-state index >= 15 is 0 Å². The Hall–Kier alpha value is -4.37. The van der Waals surface area contributed by atoms with Crippen molar-refractivity contribution in [1.29, 1.82) is 0 Å². The predicted molar refractivity (Wildman–Crippen MR) is 196 cm³/mol. The maximum atomic E-state index is 14.2. The summed E-state index contributed by atoms with van der Waals surface area (Å²) in [5.74, 6) is -6.94. The van der Waals surface area contributed by atoms with Gasteiger partial charge in [0.15, 0.2) is 5.78 Å². The van der Waals surface area contributed by atoms with Crippen molar-refractivity contribution in [2.24, 2.45) is 11.8 Å². The first-order chi connectivity index (χ1) is 24.7. The monoisotopic (exact) mass is 742 g/mol. The summed E-state index contributed by atoms with van der Waals surface area (Å²) < 4.78 is 0. The lowest BCUT2D eigenvalue weighted by atomic mass is 9.90. The highest BCUT2D eigenvalue weighted by Crippen LogP contribution is 2.24. The summed E-state index contributed by atoms with van der Waals surface area (Å²) >= 11 is 0. The van der Waals surface area contributed by atoms with Gasteiger partial charge < -0.3 is 36.8 Å². The second kappa shape index (κ2) is 18.6. The van der Waals surface area contributed by atoms with Crippen molar-refractivity contribution in [2.75, 3.05) is 6.54 Å². The smallest absolute Gasteiger partial charge is 0.304 e. The van der Waals surface area contributed by atoms with E-state index in [9.17, 15) is 43.8 Å². The number of hydrogen-bond acceptors (Lipinski definition) is 9. The highest BCUT2D eigenvalue weighted by Gasteiger charge is 2.44. The minimum Gasteiger partial charge on any atom is -0.481 e. The van der Waals surface area contributed by atoms with Crippen molar-refractivity contribution in [3.05, 3.63) is 35.4 Å². The van der Waals surface area contributed by atoms with Gasteiger partial charge in [-0.25, -0.2) is 0 Å². The molecule has 1 aromatic rings. The van der Waals surface area contributed by atoms with E-state index in [4.69, 9.17) is 0 Å². The number of hydrogen-bond donors (Lipinski definition) is 7. The van der Waals surface area contributed by atoms with E-state index in [2.05, 4.69) is 26.6 Å². The van der Waals surface area contributed by atoms with Crippen LogP contribution in [0.3, 0.4) is 0 Å². The number of nitrogens with zero attached hydrogens (tertiary/aromatic N) is 1. The Morgan fingerprint density at radius 2 is 1.53 bits per heavy atom. The molecule has 0 radical (unpaired) electrons. The number of aliphatic hydroxyl groups excluding tert-OH is 1. The fourth-order valence-corrected chi connectivity index (χ4v) is 6.89. The number of rotatable bonds is 8. The summed E-state index contributed by atoms with van der Waals surface area (Å²) in [6, 6.07) is 0.673. The van der Waals surface area contributed by atoms with E-state index in [-0.39, 0.29) is 18.8 Å². The predicted octanol–water partition coefficient (Wildman–Crippen LogP) is 0.735. The number of aliphatic hydroxyl groups is 1. The molecular weight excluding hydrogens is 684 g/mol. The molecule has 2 fully saturated rings. The number of carboxylic acids is 1. The van der Waals surface area contributed by atoms with Gasteiger partial charge in [0.05, 0.1) is 36.6 Å². The number of aryl methyl sites for hydroxylation is 1. The van der Waals surface area contributed by atoms with Crippen molar-refractivity contribution < 1.29 is 43.8 Å². The van der Waals surface area contributed by atoms with Crippen molar-refractivity contribution in [1.82, 2.24) is 31.5 Å². The first-order valence-corrected chi connectivity index (χ1v) is 18.4. The van der Waals surface area contributed by atoms with E-state index in [0.717, 1.165) is 11.1 Å². The number of aliphatic carboxylic acids is 1. The number of Topliss-reactive ketones (excluding diaryl/α,β-unsaturated/α-hetero) is 1. The van der Waals surface area contributed by atoms with Crippen LogP contribution in [-0.2, 0) is 40.0 Å². The zero-order chi connectivity index (χ0) is 39.8. The molecule has 0 aromatic heterocycles. The SMILES string of the molecule is Cc1ccc(C[C@H]2NC(=O)[C@@H]3CCCN3[C@@H](C(=O)NC(C)(C)C)[C@H](C)NC(=O)[C@H]([C@@H](C)O)NC(=O)[C@H](CC(=O)O)CC(=O)[C@H](CC(C)C)NC2=O)cc1. The van der Waals surface area contributed by atoms with E-state index in [1.54, 1.807) is 32.6 Å². The van der Waals surface area contributed by atoms with Gasteiger partial charge in [0.2, 0.25) is 29.5 Å².